The summed E-state index contributed by atoms with van der Waals surface area (Å²) in [5.74, 6) is 0. The summed E-state index contributed by atoms with van der Waals surface area (Å²) < 4.78 is 0.729. The van der Waals surface area contributed by atoms with E-state index in [4.69, 9.17) is 5.73 Å². The molecule has 0 unspecified atom stereocenters. The molecule has 0 spiro atoms. The summed E-state index contributed by atoms with van der Waals surface area (Å²) in [4.78, 5) is 0. The fourth-order valence-electron chi connectivity index (χ4n) is 0. The second kappa shape index (κ2) is 1.98. The van der Waals surface area contributed by atoms with Crippen molar-refractivity contribution in [2.24, 2.45) is 5.73 Å². The molecule has 0 saturated heterocycles. The number of hydrogen-bond acceptors (Lipinski definition) is 1. The van der Waals surface area contributed by atoms with Gasteiger partial charge in [0.2, 0.25) is 0 Å². The zero-order valence-electron chi connectivity index (χ0n) is 1.93. The average molecular weight is 187 g/mol. The van der Waals surface area contributed by atoms with Gasteiger partial charge in [-0.2, -0.15) is 0 Å². The molecular weight excluding hydrogens is 184 g/mol. The predicted molar refractivity (Wildman–Crippen MR) is 22.1 cm³/mol. The number of hydrogen-bond donors (Lipinski definition) is 1. The Labute approximate surface area is 41.1 Å². The second-order valence-corrected chi connectivity index (χ2v) is 3.75. The summed E-state index contributed by atoms with van der Waals surface area (Å²) in [5, 5.41) is 0. The number of rotatable bonds is 0. The third-order valence-corrected chi connectivity index (χ3v) is 0. The van der Waals surface area contributed by atoms with Crippen molar-refractivity contribution in [1.82, 2.24) is 0 Å². The second-order valence-electron chi connectivity index (χ2n) is 0.338. The first kappa shape index (κ1) is 4.71. The first-order valence-electron chi connectivity index (χ1n) is 0.716. The van der Waals surface area contributed by atoms with Crippen molar-refractivity contribution in [1.29, 1.82) is 0 Å². The molecule has 0 saturated carbocycles. The molecule has 0 aliphatic rings. The zero-order valence-corrected chi connectivity index (χ0v) is 5.52. The van der Waals surface area contributed by atoms with Gasteiger partial charge in [0.15, 0.2) is 0 Å². The molecule has 0 aliphatic carbocycles. The molecule has 0 radical (unpaired) electrons. The van der Waals surface area contributed by atoms with Crippen molar-refractivity contribution < 1.29 is 0 Å². The van der Waals surface area contributed by atoms with Gasteiger partial charge in [-0.05, 0) is 0 Å². The van der Waals surface area contributed by atoms with E-state index in [0.717, 1.165) is 3.44 Å². The van der Waals surface area contributed by atoms with Crippen LogP contribution in [-0.2, 0) is 0 Å². The first-order valence-corrected chi connectivity index (χ1v) is 2.51. The SMILES string of the molecule is NC(=[Se])[SeH]. The Bertz CT molecular complexity index is 29.0. The van der Waals surface area contributed by atoms with E-state index in [1.807, 2.05) is 0 Å². The first-order chi connectivity index (χ1) is 1.73. The molecule has 3 heteroatoms. The van der Waals surface area contributed by atoms with Crippen LogP contribution in [-0.4, -0.2) is 35.0 Å². The number of nitrogens with two attached hydrogens (primary N) is 1. The molecule has 24 valence electrons. The van der Waals surface area contributed by atoms with Crippen LogP contribution in [0.25, 0.3) is 0 Å². The van der Waals surface area contributed by atoms with Crippen molar-refractivity contribution >= 4 is 35.0 Å². The quantitative estimate of drug-likeness (QED) is 0.440. The summed E-state index contributed by atoms with van der Waals surface area (Å²) in [7, 11) is 0. The molecule has 0 aromatic heterocycles. The monoisotopic (exact) mass is 189 g/mol. The molecule has 0 bridgehead atoms. The Morgan fingerprint density at radius 2 is 2.00 bits per heavy atom. The average Bonchev–Trinajstić information content (AvgIpc) is 0.811. The van der Waals surface area contributed by atoms with Gasteiger partial charge >= 0.3 is 40.8 Å². The molecule has 0 aromatic carbocycles. The van der Waals surface area contributed by atoms with Gasteiger partial charge in [0.25, 0.3) is 0 Å². The molecule has 0 heterocycles. The van der Waals surface area contributed by atoms with Crippen molar-refractivity contribution in [3.8, 4) is 0 Å². The fourth-order valence-corrected chi connectivity index (χ4v) is 0. The van der Waals surface area contributed by atoms with E-state index in [-0.39, 0.29) is 0 Å². The van der Waals surface area contributed by atoms with Crippen molar-refractivity contribution in [3.63, 3.8) is 0 Å². The summed E-state index contributed by atoms with van der Waals surface area (Å²) in [6.45, 7) is 0. The molecule has 0 amide bonds. The van der Waals surface area contributed by atoms with Gasteiger partial charge < -0.3 is 0 Å². The van der Waals surface area contributed by atoms with Crippen LogP contribution in [0.1, 0.15) is 0 Å². The van der Waals surface area contributed by atoms with E-state index in [0.29, 0.717) is 0 Å². The Hall–Kier alpha value is 0.709. The van der Waals surface area contributed by atoms with Crippen LogP contribution >= 0.6 is 0 Å². The van der Waals surface area contributed by atoms with Gasteiger partial charge in [0.1, 0.15) is 0 Å². The predicted octanol–water partition coefficient (Wildman–Crippen LogP) is -1.90. The van der Waals surface area contributed by atoms with Gasteiger partial charge in [-0.25, -0.2) is 0 Å². The van der Waals surface area contributed by atoms with Crippen LogP contribution < -0.4 is 5.73 Å². The van der Waals surface area contributed by atoms with Crippen LogP contribution in [0.15, 0.2) is 0 Å². The van der Waals surface area contributed by atoms with Crippen LogP contribution in [0.4, 0.5) is 0 Å². The summed E-state index contributed by atoms with van der Waals surface area (Å²) in [6.07, 6.45) is 0. The van der Waals surface area contributed by atoms with Gasteiger partial charge in [-0.1, -0.05) is 0 Å². The van der Waals surface area contributed by atoms with E-state index in [1.54, 1.807) is 0 Å². The minimum atomic E-state index is 0.729. The van der Waals surface area contributed by atoms with Crippen LogP contribution in [0.2, 0.25) is 0 Å². The van der Waals surface area contributed by atoms with Crippen molar-refractivity contribution in [2.45, 2.75) is 0 Å². The van der Waals surface area contributed by atoms with Crippen molar-refractivity contribution in [2.75, 3.05) is 0 Å². The minimum absolute atomic E-state index is 0.729. The molecule has 1 nitrogen and oxygen atoms in total. The van der Waals surface area contributed by atoms with Crippen LogP contribution in [0.5, 0.6) is 0 Å². The normalized spacial score (nSPS) is 6.25. The van der Waals surface area contributed by atoms with E-state index >= 15 is 0 Å². The summed E-state index contributed by atoms with van der Waals surface area (Å²) >= 11 is 4.74. The molecule has 0 aromatic rings. The molecule has 0 rings (SSSR count). The standard InChI is InChI=1S/CH3NSe2/c2-1(3)4/h(H3,2,3,4). The van der Waals surface area contributed by atoms with E-state index in [9.17, 15) is 0 Å². The molecule has 4 heavy (non-hydrogen) atoms. The maximum absolute atomic E-state index is 4.94. The molecule has 0 aliphatic heterocycles. The van der Waals surface area contributed by atoms with Crippen LogP contribution in [0.3, 0.4) is 0 Å². The summed E-state index contributed by atoms with van der Waals surface area (Å²) in [6, 6.07) is 0. The van der Waals surface area contributed by atoms with Crippen molar-refractivity contribution in [3.05, 3.63) is 0 Å². The molecular formula is CH3NSe2. The van der Waals surface area contributed by atoms with Gasteiger partial charge in [0.05, 0.1) is 0 Å². The van der Waals surface area contributed by atoms with E-state index < -0.39 is 0 Å². The Morgan fingerprint density at radius 3 is 2.00 bits per heavy atom. The van der Waals surface area contributed by atoms with Gasteiger partial charge in [0, 0.05) is 0 Å². The van der Waals surface area contributed by atoms with Crippen LogP contribution in [0, 0.1) is 0 Å². The molecule has 0 atom stereocenters. The fraction of sp³-hybridized carbons (Fsp3) is 0. The van der Waals surface area contributed by atoms with E-state index in [2.05, 4.69) is 31.6 Å². The molecule has 2 N–H and O–H groups in total. The molecule has 0 fully saturated rings. The Kier molecular flexibility index (Phi) is 2.33. The maximum atomic E-state index is 4.94. The third kappa shape index (κ3) is 15.7. The third-order valence-electron chi connectivity index (χ3n) is 0. The topological polar surface area (TPSA) is 26.0 Å². The van der Waals surface area contributed by atoms with Gasteiger partial charge in [-0.3, -0.25) is 0 Å². The zero-order chi connectivity index (χ0) is 3.58. The van der Waals surface area contributed by atoms with Gasteiger partial charge in [-0.15, -0.1) is 0 Å². The Morgan fingerprint density at radius 1 is 2.00 bits per heavy atom. The Balaban J connectivity index is 2.80. The van der Waals surface area contributed by atoms with E-state index in [1.165, 1.54) is 0 Å². The summed E-state index contributed by atoms with van der Waals surface area (Å²) in [5.41, 5.74) is 4.94.